The molecule has 0 heterocycles. The van der Waals surface area contributed by atoms with Gasteiger partial charge < -0.3 is 9.80 Å². The van der Waals surface area contributed by atoms with Gasteiger partial charge in [-0.25, -0.2) is 0 Å². The summed E-state index contributed by atoms with van der Waals surface area (Å²) in [6.45, 7) is 0. The molecule has 0 atom stereocenters. The highest BCUT2D eigenvalue weighted by molar-refractivity contribution is 5.92. The topological polar surface area (TPSA) is 6.48 Å². The lowest BCUT2D eigenvalue weighted by molar-refractivity contribution is 1.25. The van der Waals surface area contributed by atoms with Gasteiger partial charge in [-0.05, 0) is 139 Å². The zero-order valence-electron chi connectivity index (χ0n) is 36.5. The van der Waals surface area contributed by atoms with Crippen LogP contribution in [0.1, 0.15) is 0 Å². The van der Waals surface area contributed by atoms with Crippen molar-refractivity contribution in [3.63, 3.8) is 0 Å². The standard InChI is InChI=1S/C64H46N2/c1-5-16-47(17-6-1)52-30-36-59(37-31-52)65(60-38-32-53(33-39-60)48-18-7-2-8-19-48)63-44-58(57-29-28-51-24-13-14-25-55(51)42-57)45-64(46-63)66(61-40-34-54(35-41-61)49-20-9-3-10-21-49)62-27-15-26-56(43-62)50-22-11-4-12-23-50/h1-46H. The van der Waals surface area contributed by atoms with E-state index < -0.39 is 0 Å². The van der Waals surface area contributed by atoms with E-state index in [0.29, 0.717) is 0 Å². The highest BCUT2D eigenvalue weighted by Gasteiger charge is 2.21. The second kappa shape index (κ2) is 18.2. The normalized spacial score (nSPS) is 11.0. The van der Waals surface area contributed by atoms with E-state index in [1.165, 1.54) is 49.7 Å². The molecule has 0 bridgehead atoms. The number of benzene rings is 11. The Bertz CT molecular complexity index is 3280. The summed E-state index contributed by atoms with van der Waals surface area (Å²) >= 11 is 0. The van der Waals surface area contributed by atoms with Crippen molar-refractivity contribution in [1.29, 1.82) is 0 Å². The first-order valence-corrected chi connectivity index (χ1v) is 22.6. The third-order valence-electron chi connectivity index (χ3n) is 12.4. The Labute approximate surface area is 387 Å². The molecule has 0 amide bonds. The van der Waals surface area contributed by atoms with Crippen LogP contribution in [0, 0.1) is 0 Å². The molecule has 0 aromatic heterocycles. The van der Waals surface area contributed by atoms with E-state index in [0.717, 1.165) is 50.8 Å². The van der Waals surface area contributed by atoms with Crippen LogP contribution < -0.4 is 9.80 Å². The van der Waals surface area contributed by atoms with Gasteiger partial charge in [0.05, 0.1) is 0 Å². The van der Waals surface area contributed by atoms with Crippen LogP contribution in [0.2, 0.25) is 0 Å². The van der Waals surface area contributed by atoms with Crippen molar-refractivity contribution in [3.05, 3.63) is 279 Å². The zero-order valence-corrected chi connectivity index (χ0v) is 36.5. The molecular formula is C64H46N2. The van der Waals surface area contributed by atoms with Gasteiger partial charge in [-0.15, -0.1) is 0 Å². The predicted molar refractivity (Wildman–Crippen MR) is 280 cm³/mol. The summed E-state index contributed by atoms with van der Waals surface area (Å²) in [4.78, 5) is 4.80. The Balaban J connectivity index is 1.13. The highest BCUT2D eigenvalue weighted by atomic mass is 15.2. The van der Waals surface area contributed by atoms with E-state index in [-0.39, 0.29) is 0 Å². The van der Waals surface area contributed by atoms with E-state index in [2.05, 4.69) is 289 Å². The first-order chi connectivity index (χ1) is 32.7. The van der Waals surface area contributed by atoms with Crippen molar-refractivity contribution in [2.24, 2.45) is 0 Å². The molecule has 0 radical (unpaired) electrons. The van der Waals surface area contributed by atoms with E-state index in [9.17, 15) is 0 Å². The highest BCUT2D eigenvalue weighted by Crippen LogP contribution is 2.45. The van der Waals surface area contributed by atoms with Gasteiger partial charge in [0.2, 0.25) is 0 Å². The fourth-order valence-electron chi connectivity index (χ4n) is 9.04. The van der Waals surface area contributed by atoms with Gasteiger partial charge in [0, 0.05) is 34.1 Å². The average molecular weight is 843 g/mol. The molecule has 312 valence electrons. The number of anilines is 6. The fourth-order valence-corrected chi connectivity index (χ4v) is 9.04. The first kappa shape index (κ1) is 40.1. The summed E-state index contributed by atoms with van der Waals surface area (Å²) in [6, 6.07) is 101. The van der Waals surface area contributed by atoms with Crippen molar-refractivity contribution in [3.8, 4) is 55.6 Å². The van der Waals surface area contributed by atoms with E-state index in [1.807, 2.05) is 0 Å². The Hall–Kier alpha value is -8.72. The zero-order chi connectivity index (χ0) is 44.1. The maximum Gasteiger partial charge on any atom is 0.0488 e. The van der Waals surface area contributed by atoms with Crippen molar-refractivity contribution in [2.45, 2.75) is 0 Å². The van der Waals surface area contributed by atoms with E-state index >= 15 is 0 Å². The van der Waals surface area contributed by atoms with Crippen LogP contribution in [0.4, 0.5) is 34.1 Å². The smallest absolute Gasteiger partial charge is 0.0488 e. The first-order valence-electron chi connectivity index (χ1n) is 22.6. The molecule has 0 aliphatic carbocycles. The minimum Gasteiger partial charge on any atom is -0.310 e. The molecule has 0 saturated carbocycles. The Morgan fingerprint density at radius 1 is 0.152 bits per heavy atom. The van der Waals surface area contributed by atoms with E-state index in [1.54, 1.807) is 0 Å². The van der Waals surface area contributed by atoms with Gasteiger partial charge in [0.1, 0.15) is 0 Å². The van der Waals surface area contributed by atoms with Crippen LogP contribution in [0.25, 0.3) is 66.4 Å². The lowest BCUT2D eigenvalue weighted by atomic mass is 9.98. The molecule has 66 heavy (non-hydrogen) atoms. The van der Waals surface area contributed by atoms with Crippen LogP contribution in [-0.2, 0) is 0 Å². The van der Waals surface area contributed by atoms with Crippen LogP contribution in [-0.4, -0.2) is 0 Å². The summed E-state index contributed by atoms with van der Waals surface area (Å²) in [5.74, 6) is 0. The van der Waals surface area contributed by atoms with Gasteiger partial charge in [-0.3, -0.25) is 0 Å². The molecule has 0 unspecified atom stereocenters. The number of hydrogen-bond acceptors (Lipinski definition) is 2. The molecule has 11 aromatic rings. The van der Waals surface area contributed by atoms with Crippen LogP contribution in [0.3, 0.4) is 0 Å². The third-order valence-corrected chi connectivity index (χ3v) is 12.4. The SMILES string of the molecule is c1ccc(-c2ccc(N(c3ccc(-c4ccccc4)cc3)c3cc(-c4ccc5ccccc5c4)cc(N(c4ccc(-c5ccccc5)cc4)c4cccc(-c5ccccc5)c4)c3)cc2)cc1. The monoisotopic (exact) mass is 842 g/mol. The Morgan fingerprint density at radius 2 is 0.470 bits per heavy atom. The minimum absolute atomic E-state index is 1.04. The number of rotatable bonds is 11. The molecule has 0 spiro atoms. The van der Waals surface area contributed by atoms with Gasteiger partial charge in [-0.1, -0.05) is 206 Å². The van der Waals surface area contributed by atoms with Crippen molar-refractivity contribution >= 4 is 44.9 Å². The Morgan fingerprint density at radius 3 is 0.924 bits per heavy atom. The maximum absolute atomic E-state index is 2.41. The summed E-state index contributed by atoms with van der Waals surface area (Å²) in [5, 5.41) is 2.42. The molecule has 11 aromatic carbocycles. The van der Waals surface area contributed by atoms with Gasteiger partial charge in [0.15, 0.2) is 0 Å². The lowest BCUT2D eigenvalue weighted by Gasteiger charge is -2.31. The second-order valence-corrected chi connectivity index (χ2v) is 16.6. The summed E-state index contributed by atoms with van der Waals surface area (Å²) < 4.78 is 0. The van der Waals surface area contributed by atoms with Gasteiger partial charge in [0.25, 0.3) is 0 Å². The third kappa shape index (κ3) is 8.40. The van der Waals surface area contributed by atoms with Crippen LogP contribution in [0.5, 0.6) is 0 Å². The maximum atomic E-state index is 2.41. The molecule has 11 rings (SSSR count). The van der Waals surface area contributed by atoms with Crippen molar-refractivity contribution in [1.82, 2.24) is 0 Å². The van der Waals surface area contributed by atoms with Gasteiger partial charge >= 0.3 is 0 Å². The van der Waals surface area contributed by atoms with Crippen LogP contribution >= 0.6 is 0 Å². The molecule has 2 nitrogen and oxygen atoms in total. The molecule has 2 heteroatoms. The van der Waals surface area contributed by atoms with E-state index in [4.69, 9.17) is 0 Å². The number of nitrogens with zero attached hydrogens (tertiary/aromatic N) is 2. The largest absolute Gasteiger partial charge is 0.310 e. The fraction of sp³-hybridized carbons (Fsp3) is 0. The quantitative estimate of drug-likeness (QED) is 0.128. The predicted octanol–water partition coefficient (Wildman–Crippen LogP) is 18.1. The molecular weight excluding hydrogens is 797 g/mol. The molecule has 0 aliphatic heterocycles. The second-order valence-electron chi connectivity index (χ2n) is 16.6. The van der Waals surface area contributed by atoms with Crippen molar-refractivity contribution in [2.75, 3.05) is 9.80 Å². The molecule has 0 saturated heterocycles. The lowest BCUT2D eigenvalue weighted by Crippen LogP contribution is -2.14. The number of hydrogen-bond donors (Lipinski definition) is 0. The van der Waals surface area contributed by atoms with Crippen LogP contribution in [0.15, 0.2) is 279 Å². The summed E-state index contributed by atoms with van der Waals surface area (Å²) in [7, 11) is 0. The summed E-state index contributed by atoms with van der Waals surface area (Å²) in [5.41, 5.74) is 18.0. The van der Waals surface area contributed by atoms with Crippen molar-refractivity contribution < 1.29 is 0 Å². The Kier molecular flexibility index (Phi) is 11.0. The molecule has 0 N–H and O–H groups in total. The molecule has 0 aliphatic rings. The average Bonchev–Trinajstić information content (AvgIpc) is 3.40. The minimum atomic E-state index is 1.04. The van der Waals surface area contributed by atoms with Gasteiger partial charge in [-0.2, -0.15) is 0 Å². The number of fused-ring (bicyclic) bond motifs is 1. The summed E-state index contributed by atoms with van der Waals surface area (Å²) in [6.07, 6.45) is 0. The molecule has 0 fully saturated rings.